The van der Waals surface area contributed by atoms with Crippen molar-refractivity contribution >= 4 is 11.6 Å². The van der Waals surface area contributed by atoms with E-state index in [-0.39, 0.29) is 5.91 Å². The van der Waals surface area contributed by atoms with E-state index in [0.717, 1.165) is 5.71 Å². The molecule has 0 atom stereocenters. The number of hydrogen-bond acceptors (Lipinski definition) is 5. The maximum atomic E-state index is 11.5. The van der Waals surface area contributed by atoms with E-state index in [1.54, 1.807) is 6.07 Å². The minimum atomic E-state index is -0.0106. The molecule has 80 valence electrons. The van der Waals surface area contributed by atoms with Gasteiger partial charge in [0.1, 0.15) is 6.54 Å². The minimum absolute atomic E-state index is 0.0106. The Kier molecular flexibility index (Phi) is 2.77. The Labute approximate surface area is 86.7 Å². The Morgan fingerprint density at radius 3 is 3.07 bits per heavy atom. The van der Waals surface area contributed by atoms with Crippen LogP contribution in [-0.2, 0) is 11.3 Å². The summed E-state index contributed by atoms with van der Waals surface area (Å²) in [4.78, 5) is 11.5. The Morgan fingerprint density at radius 1 is 1.53 bits per heavy atom. The highest BCUT2D eigenvalue weighted by Crippen LogP contribution is 2.12. The normalized spacial score (nSPS) is 16.7. The highest BCUT2D eigenvalue weighted by molar-refractivity contribution is 5.93. The molecule has 0 unspecified atom stereocenters. The molecule has 2 heterocycles. The summed E-state index contributed by atoms with van der Waals surface area (Å²) >= 11 is 0. The fraction of sp³-hybridized carbons (Fsp3) is 0.444. The first-order valence-corrected chi connectivity index (χ1v) is 4.76. The number of amides is 1. The lowest BCUT2D eigenvalue weighted by Crippen LogP contribution is -2.33. The average Bonchev–Trinajstić information content (AvgIpc) is 2.74. The van der Waals surface area contributed by atoms with Gasteiger partial charge in [-0.25, -0.2) is 5.01 Å². The number of hydrogen-bond donors (Lipinski definition) is 1. The summed E-state index contributed by atoms with van der Waals surface area (Å²) in [5, 5.41) is 9.09. The number of rotatable bonds is 3. The van der Waals surface area contributed by atoms with Crippen molar-refractivity contribution < 1.29 is 9.32 Å². The van der Waals surface area contributed by atoms with Crippen LogP contribution in [0.4, 0.5) is 0 Å². The zero-order chi connectivity index (χ0) is 10.7. The van der Waals surface area contributed by atoms with E-state index >= 15 is 0 Å². The molecular weight excluding hydrogens is 196 g/mol. The van der Waals surface area contributed by atoms with Crippen LogP contribution in [0.5, 0.6) is 0 Å². The van der Waals surface area contributed by atoms with Crippen molar-refractivity contribution in [1.82, 2.24) is 10.2 Å². The van der Waals surface area contributed by atoms with Gasteiger partial charge in [0, 0.05) is 19.0 Å². The molecule has 1 amide bonds. The molecule has 6 nitrogen and oxygen atoms in total. The zero-order valence-electron chi connectivity index (χ0n) is 8.22. The molecule has 2 rings (SSSR count). The average molecular weight is 208 g/mol. The number of hydrazone groups is 1. The van der Waals surface area contributed by atoms with Crippen molar-refractivity contribution in [3.8, 4) is 0 Å². The van der Waals surface area contributed by atoms with E-state index < -0.39 is 0 Å². The predicted octanol–water partition coefficient (Wildman–Crippen LogP) is 0.112. The standard InChI is InChI=1S/C9H12N4O2/c10-5-7-1-2-9(14)13(12-7)6-8-3-4-11-15-8/h3-4H,1-2,5-6,10H2. The maximum Gasteiger partial charge on any atom is 0.243 e. The van der Waals surface area contributed by atoms with Crippen LogP contribution < -0.4 is 5.73 Å². The molecule has 0 radical (unpaired) electrons. The summed E-state index contributed by atoms with van der Waals surface area (Å²) in [5.74, 6) is 0.606. The predicted molar refractivity (Wildman–Crippen MR) is 52.8 cm³/mol. The van der Waals surface area contributed by atoms with Gasteiger partial charge in [0.15, 0.2) is 5.76 Å². The van der Waals surface area contributed by atoms with Crippen LogP contribution in [0.15, 0.2) is 21.9 Å². The van der Waals surface area contributed by atoms with E-state index in [1.807, 2.05) is 0 Å². The maximum absolute atomic E-state index is 11.5. The highest BCUT2D eigenvalue weighted by Gasteiger charge is 2.20. The Hall–Kier alpha value is -1.69. The minimum Gasteiger partial charge on any atom is -0.359 e. The third-order valence-corrected chi connectivity index (χ3v) is 2.21. The molecule has 1 aliphatic rings. The van der Waals surface area contributed by atoms with Crippen molar-refractivity contribution in [2.75, 3.05) is 6.54 Å². The van der Waals surface area contributed by atoms with Crippen molar-refractivity contribution in [2.45, 2.75) is 19.4 Å². The molecule has 0 fully saturated rings. The number of carbonyl (C=O) groups excluding carboxylic acids is 1. The molecule has 6 heteroatoms. The van der Waals surface area contributed by atoms with Gasteiger partial charge in [0.2, 0.25) is 5.91 Å². The monoisotopic (exact) mass is 208 g/mol. The second-order valence-corrected chi connectivity index (χ2v) is 3.30. The molecule has 1 aromatic rings. The highest BCUT2D eigenvalue weighted by atomic mass is 16.5. The smallest absolute Gasteiger partial charge is 0.243 e. The number of nitrogens with two attached hydrogens (primary N) is 1. The van der Waals surface area contributed by atoms with Crippen LogP contribution in [-0.4, -0.2) is 28.3 Å². The second kappa shape index (κ2) is 4.22. The first-order valence-electron chi connectivity index (χ1n) is 4.76. The number of aromatic nitrogens is 1. The molecule has 0 saturated carbocycles. The lowest BCUT2D eigenvalue weighted by Gasteiger charge is -2.21. The second-order valence-electron chi connectivity index (χ2n) is 3.30. The van der Waals surface area contributed by atoms with Crippen LogP contribution in [0.25, 0.3) is 0 Å². The zero-order valence-corrected chi connectivity index (χ0v) is 8.22. The van der Waals surface area contributed by atoms with Gasteiger partial charge >= 0.3 is 0 Å². The van der Waals surface area contributed by atoms with Gasteiger partial charge in [-0.15, -0.1) is 0 Å². The number of nitrogens with zero attached hydrogens (tertiary/aromatic N) is 3. The first-order chi connectivity index (χ1) is 7.29. The van der Waals surface area contributed by atoms with Crippen molar-refractivity contribution in [3.05, 3.63) is 18.0 Å². The van der Waals surface area contributed by atoms with E-state index in [1.165, 1.54) is 11.2 Å². The van der Waals surface area contributed by atoms with E-state index in [0.29, 0.717) is 31.7 Å². The summed E-state index contributed by atoms with van der Waals surface area (Å²) in [6.45, 7) is 0.711. The van der Waals surface area contributed by atoms with E-state index in [2.05, 4.69) is 10.3 Å². The molecular formula is C9H12N4O2. The molecule has 0 bridgehead atoms. The van der Waals surface area contributed by atoms with Crippen LogP contribution >= 0.6 is 0 Å². The van der Waals surface area contributed by atoms with Gasteiger partial charge in [0.25, 0.3) is 0 Å². The molecule has 0 spiro atoms. The van der Waals surface area contributed by atoms with E-state index in [9.17, 15) is 4.79 Å². The molecule has 0 saturated heterocycles. The fourth-order valence-electron chi connectivity index (χ4n) is 1.39. The topological polar surface area (TPSA) is 84.7 Å². The third-order valence-electron chi connectivity index (χ3n) is 2.21. The Morgan fingerprint density at radius 2 is 2.40 bits per heavy atom. The fourth-order valence-corrected chi connectivity index (χ4v) is 1.39. The van der Waals surface area contributed by atoms with E-state index in [4.69, 9.17) is 10.3 Å². The van der Waals surface area contributed by atoms with Gasteiger partial charge in [-0.05, 0) is 6.42 Å². The van der Waals surface area contributed by atoms with Gasteiger partial charge in [-0.1, -0.05) is 5.16 Å². The van der Waals surface area contributed by atoms with Crippen molar-refractivity contribution in [1.29, 1.82) is 0 Å². The quantitative estimate of drug-likeness (QED) is 0.764. The molecule has 1 aliphatic heterocycles. The van der Waals surface area contributed by atoms with Crippen LogP contribution in [0.1, 0.15) is 18.6 Å². The molecule has 15 heavy (non-hydrogen) atoms. The van der Waals surface area contributed by atoms with Gasteiger partial charge < -0.3 is 10.3 Å². The summed E-state index contributed by atoms with van der Waals surface area (Å²) in [5.41, 5.74) is 6.32. The van der Waals surface area contributed by atoms with Gasteiger partial charge in [-0.3, -0.25) is 4.79 Å². The lowest BCUT2D eigenvalue weighted by atomic mass is 10.1. The molecule has 1 aromatic heterocycles. The summed E-state index contributed by atoms with van der Waals surface area (Å²) in [6.07, 6.45) is 2.66. The van der Waals surface area contributed by atoms with Crippen molar-refractivity contribution in [3.63, 3.8) is 0 Å². The van der Waals surface area contributed by atoms with Gasteiger partial charge in [0.05, 0.1) is 11.9 Å². The van der Waals surface area contributed by atoms with Crippen molar-refractivity contribution in [2.24, 2.45) is 10.8 Å². The van der Waals surface area contributed by atoms with Crippen LogP contribution in [0.3, 0.4) is 0 Å². The third kappa shape index (κ3) is 2.21. The molecule has 0 aromatic carbocycles. The SMILES string of the molecule is NCC1=NN(Cc2ccno2)C(=O)CC1. The lowest BCUT2D eigenvalue weighted by molar-refractivity contribution is -0.132. The summed E-state index contributed by atoms with van der Waals surface area (Å²) in [6, 6.07) is 1.71. The van der Waals surface area contributed by atoms with Gasteiger partial charge in [-0.2, -0.15) is 5.10 Å². The number of carbonyl (C=O) groups is 1. The molecule has 0 aliphatic carbocycles. The first kappa shape index (κ1) is 9.85. The summed E-state index contributed by atoms with van der Waals surface area (Å²) in [7, 11) is 0. The van der Waals surface area contributed by atoms with Crippen LogP contribution in [0.2, 0.25) is 0 Å². The Balaban J connectivity index is 2.09. The summed E-state index contributed by atoms with van der Waals surface area (Å²) < 4.78 is 4.91. The largest absolute Gasteiger partial charge is 0.359 e. The molecule has 2 N–H and O–H groups in total. The van der Waals surface area contributed by atoms with Crippen LogP contribution in [0, 0.1) is 0 Å². The Bertz CT molecular complexity index is 371.